The molecule has 1 unspecified atom stereocenters. The van der Waals surface area contributed by atoms with Crippen molar-refractivity contribution in [3.05, 3.63) is 28.8 Å². The lowest BCUT2D eigenvalue weighted by Crippen LogP contribution is -2.48. The average molecular weight is 314 g/mol. The van der Waals surface area contributed by atoms with Crippen molar-refractivity contribution in [1.82, 2.24) is 5.32 Å². The standard InChI is InChI=1S/C16H24ClNO3/c1-6-16(4,5)18-15(20)11(3)21-14-8-7-12(10(2)19)9-13(14)17/h7-11,19H,6H2,1-5H3,(H,18,20)/t10-,11?/m0/s1. The molecular formula is C16H24ClNO3. The SMILES string of the molecule is CCC(C)(C)NC(=O)C(C)Oc1ccc([C@H](C)O)cc1Cl. The zero-order valence-electron chi connectivity index (χ0n) is 13.2. The minimum Gasteiger partial charge on any atom is -0.479 e. The van der Waals surface area contributed by atoms with E-state index in [0.717, 1.165) is 6.42 Å². The Kier molecular flexibility index (Phi) is 6.05. The highest BCUT2D eigenvalue weighted by molar-refractivity contribution is 6.32. The molecule has 0 aromatic heterocycles. The zero-order chi connectivity index (χ0) is 16.2. The van der Waals surface area contributed by atoms with E-state index in [1.54, 1.807) is 32.0 Å². The summed E-state index contributed by atoms with van der Waals surface area (Å²) in [5.74, 6) is 0.246. The first kappa shape index (κ1) is 17.8. The van der Waals surface area contributed by atoms with Crippen LogP contribution in [0.4, 0.5) is 0 Å². The maximum absolute atomic E-state index is 12.1. The molecule has 1 aromatic carbocycles. The Bertz CT molecular complexity index is 500. The fraction of sp³-hybridized carbons (Fsp3) is 0.562. The molecule has 0 aliphatic rings. The Morgan fingerprint density at radius 1 is 1.43 bits per heavy atom. The van der Waals surface area contributed by atoms with Gasteiger partial charge in [-0.15, -0.1) is 0 Å². The smallest absolute Gasteiger partial charge is 0.261 e. The summed E-state index contributed by atoms with van der Waals surface area (Å²) in [4.78, 5) is 12.1. The molecule has 0 spiro atoms. The van der Waals surface area contributed by atoms with Gasteiger partial charge in [0.05, 0.1) is 11.1 Å². The van der Waals surface area contributed by atoms with Crippen molar-refractivity contribution < 1.29 is 14.6 Å². The molecule has 1 rings (SSSR count). The van der Waals surface area contributed by atoms with Gasteiger partial charge in [0, 0.05) is 5.54 Å². The van der Waals surface area contributed by atoms with Gasteiger partial charge in [0.1, 0.15) is 5.75 Å². The summed E-state index contributed by atoms with van der Waals surface area (Å²) in [6, 6.07) is 5.04. The third-order valence-electron chi connectivity index (χ3n) is 3.46. The first-order chi connectivity index (χ1) is 9.66. The number of nitrogens with one attached hydrogen (secondary N) is 1. The number of benzene rings is 1. The van der Waals surface area contributed by atoms with Crippen molar-refractivity contribution in [2.45, 2.75) is 58.8 Å². The van der Waals surface area contributed by atoms with Gasteiger partial charge in [-0.25, -0.2) is 0 Å². The Labute approximate surface area is 131 Å². The maximum Gasteiger partial charge on any atom is 0.261 e. The van der Waals surface area contributed by atoms with Gasteiger partial charge in [-0.2, -0.15) is 0 Å². The van der Waals surface area contributed by atoms with E-state index < -0.39 is 12.2 Å². The number of hydrogen-bond donors (Lipinski definition) is 2. The van der Waals surface area contributed by atoms with Crippen LogP contribution in [0.1, 0.15) is 52.7 Å². The van der Waals surface area contributed by atoms with Crippen LogP contribution in [0.2, 0.25) is 5.02 Å². The summed E-state index contributed by atoms with van der Waals surface area (Å²) in [6.07, 6.45) is -0.414. The fourth-order valence-electron chi connectivity index (χ4n) is 1.64. The Hall–Kier alpha value is -1.26. The first-order valence-electron chi connectivity index (χ1n) is 7.12. The van der Waals surface area contributed by atoms with Gasteiger partial charge in [-0.3, -0.25) is 4.79 Å². The molecule has 5 heteroatoms. The lowest BCUT2D eigenvalue weighted by molar-refractivity contribution is -0.128. The van der Waals surface area contributed by atoms with Crippen LogP contribution >= 0.6 is 11.6 Å². The van der Waals surface area contributed by atoms with Gasteiger partial charge in [-0.1, -0.05) is 24.6 Å². The summed E-state index contributed by atoms with van der Waals surface area (Å²) >= 11 is 6.11. The summed E-state index contributed by atoms with van der Waals surface area (Å²) in [7, 11) is 0. The van der Waals surface area contributed by atoms with Crippen molar-refractivity contribution in [3.63, 3.8) is 0 Å². The van der Waals surface area contributed by atoms with Gasteiger partial charge in [0.25, 0.3) is 5.91 Å². The molecule has 0 bridgehead atoms. The second kappa shape index (κ2) is 7.14. The van der Waals surface area contributed by atoms with Crippen LogP contribution < -0.4 is 10.1 Å². The topological polar surface area (TPSA) is 58.6 Å². The predicted molar refractivity (Wildman–Crippen MR) is 84.7 cm³/mol. The van der Waals surface area contributed by atoms with E-state index >= 15 is 0 Å². The number of aliphatic hydroxyl groups excluding tert-OH is 1. The second-order valence-corrected chi connectivity index (χ2v) is 6.26. The van der Waals surface area contributed by atoms with Crippen LogP contribution in [-0.4, -0.2) is 22.7 Å². The van der Waals surface area contributed by atoms with Crippen molar-refractivity contribution >= 4 is 17.5 Å². The van der Waals surface area contributed by atoms with E-state index in [1.807, 2.05) is 20.8 Å². The Morgan fingerprint density at radius 3 is 2.52 bits per heavy atom. The molecule has 0 aliphatic heterocycles. The molecule has 0 saturated carbocycles. The lowest BCUT2D eigenvalue weighted by Gasteiger charge is -2.26. The average Bonchev–Trinajstić information content (AvgIpc) is 2.40. The number of rotatable bonds is 6. The van der Waals surface area contributed by atoms with Crippen LogP contribution in [0.25, 0.3) is 0 Å². The molecule has 1 amide bonds. The number of ether oxygens (including phenoxy) is 1. The molecule has 21 heavy (non-hydrogen) atoms. The first-order valence-corrected chi connectivity index (χ1v) is 7.50. The van der Waals surface area contributed by atoms with Crippen LogP contribution in [0.3, 0.4) is 0 Å². The van der Waals surface area contributed by atoms with Gasteiger partial charge in [0.15, 0.2) is 6.10 Å². The van der Waals surface area contributed by atoms with Crippen LogP contribution in [0.15, 0.2) is 18.2 Å². The summed E-state index contributed by atoms with van der Waals surface area (Å²) in [6.45, 7) is 9.27. The molecule has 0 saturated heterocycles. The highest BCUT2D eigenvalue weighted by atomic mass is 35.5. The highest BCUT2D eigenvalue weighted by Gasteiger charge is 2.23. The Balaban J connectivity index is 2.75. The minimum atomic E-state index is -0.647. The summed E-state index contributed by atoms with van der Waals surface area (Å²) in [5, 5.41) is 12.8. The molecule has 118 valence electrons. The van der Waals surface area contributed by atoms with E-state index in [1.165, 1.54) is 0 Å². The minimum absolute atomic E-state index is 0.183. The number of carbonyl (C=O) groups is 1. The monoisotopic (exact) mass is 313 g/mol. The summed E-state index contributed by atoms with van der Waals surface area (Å²) in [5.41, 5.74) is 0.436. The largest absolute Gasteiger partial charge is 0.479 e. The van der Waals surface area contributed by atoms with Crippen LogP contribution in [0.5, 0.6) is 5.75 Å². The Morgan fingerprint density at radius 2 is 2.05 bits per heavy atom. The predicted octanol–water partition coefficient (Wildman–Crippen LogP) is 3.47. The van der Waals surface area contributed by atoms with E-state index in [2.05, 4.69) is 5.32 Å². The van der Waals surface area contributed by atoms with Gasteiger partial charge >= 0.3 is 0 Å². The van der Waals surface area contributed by atoms with E-state index in [0.29, 0.717) is 16.3 Å². The van der Waals surface area contributed by atoms with E-state index in [4.69, 9.17) is 16.3 Å². The van der Waals surface area contributed by atoms with E-state index in [-0.39, 0.29) is 11.4 Å². The van der Waals surface area contributed by atoms with Crippen molar-refractivity contribution in [2.75, 3.05) is 0 Å². The number of hydrogen-bond acceptors (Lipinski definition) is 3. The third-order valence-corrected chi connectivity index (χ3v) is 3.75. The second-order valence-electron chi connectivity index (χ2n) is 5.85. The molecule has 0 fully saturated rings. The molecule has 1 aromatic rings. The lowest BCUT2D eigenvalue weighted by atomic mass is 10.0. The van der Waals surface area contributed by atoms with Gasteiger partial charge < -0.3 is 15.2 Å². The van der Waals surface area contributed by atoms with Crippen molar-refractivity contribution in [2.24, 2.45) is 0 Å². The fourth-order valence-corrected chi connectivity index (χ4v) is 1.87. The molecule has 0 radical (unpaired) electrons. The third kappa shape index (κ3) is 5.21. The van der Waals surface area contributed by atoms with Gasteiger partial charge in [-0.05, 0) is 51.8 Å². The van der Waals surface area contributed by atoms with Crippen molar-refractivity contribution in [1.29, 1.82) is 0 Å². The van der Waals surface area contributed by atoms with Gasteiger partial charge in [0.2, 0.25) is 0 Å². The molecule has 0 heterocycles. The number of aliphatic hydroxyl groups is 1. The number of halogens is 1. The molecule has 0 aliphatic carbocycles. The van der Waals surface area contributed by atoms with Crippen molar-refractivity contribution in [3.8, 4) is 5.75 Å². The highest BCUT2D eigenvalue weighted by Crippen LogP contribution is 2.28. The van der Waals surface area contributed by atoms with E-state index in [9.17, 15) is 9.90 Å². The molecule has 2 atom stereocenters. The number of carbonyl (C=O) groups excluding carboxylic acids is 1. The van der Waals surface area contributed by atoms with Crippen LogP contribution in [-0.2, 0) is 4.79 Å². The molecule has 4 nitrogen and oxygen atoms in total. The van der Waals surface area contributed by atoms with Crippen LogP contribution in [0, 0.1) is 0 Å². The maximum atomic E-state index is 12.1. The molecular weight excluding hydrogens is 290 g/mol. The zero-order valence-corrected chi connectivity index (χ0v) is 14.0. The number of amides is 1. The summed E-state index contributed by atoms with van der Waals surface area (Å²) < 4.78 is 5.61. The quantitative estimate of drug-likeness (QED) is 0.845. The molecule has 2 N–H and O–H groups in total. The normalized spacial score (nSPS) is 14.4.